The number of aromatic nitrogens is 1. The van der Waals surface area contributed by atoms with Gasteiger partial charge in [-0.05, 0) is 83.0 Å². The van der Waals surface area contributed by atoms with Crippen LogP contribution in [0.3, 0.4) is 0 Å². The molecule has 30 heavy (non-hydrogen) atoms. The lowest BCUT2D eigenvalue weighted by atomic mass is 9.49. The zero-order valence-corrected chi connectivity index (χ0v) is 18.9. The predicted molar refractivity (Wildman–Crippen MR) is 115 cm³/mol. The van der Waals surface area contributed by atoms with Crippen LogP contribution in [0.4, 0.5) is 0 Å². The van der Waals surface area contributed by atoms with E-state index >= 15 is 0 Å². The zero-order valence-electron chi connectivity index (χ0n) is 18.9. The van der Waals surface area contributed by atoms with Crippen LogP contribution in [0.2, 0.25) is 0 Å². The number of hydrogen-bond donors (Lipinski definition) is 1. The fraction of sp³-hybridized carbons (Fsp3) is 0.792. The lowest BCUT2D eigenvalue weighted by molar-refractivity contribution is -0.161. The summed E-state index contributed by atoms with van der Waals surface area (Å²) < 4.78 is 5.63. The average molecular weight is 416 g/mol. The van der Waals surface area contributed by atoms with Gasteiger partial charge in [0.1, 0.15) is 6.26 Å². The highest BCUT2D eigenvalue weighted by atomic mass is 16.3. The second-order valence-electron chi connectivity index (χ2n) is 10.3. The zero-order chi connectivity index (χ0) is 21.5. The summed E-state index contributed by atoms with van der Waals surface area (Å²) in [6.45, 7) is 8.56. The first-order valence-electron chi connectivity index (χ1n) is 11.9. The fourth-order valence-corrected chi connectivity index (χ4v) is 6.36. The molecule has 0 aromatic carbocycles. The summed E-state index contributed by atoms with van der Waals surface area (Å²) in [4.78, 5) is 32.6. The maximum Gasteiger partial charge on any atom is 0.273 e. The van der Waals surface area contributed by atoms with Gasteiger partial charge in [0.25, 0.3) is 5.91 Å². The van der Waals surface area contributed by atoms with Crippen molar-refractivity contribution in [2.75, 3.05) is 0 Å². The Labute approximate surface area is 180 Å². The Bertz CT molecular complexity index is 751. The van der Waals surface area contributed by atoms with Crippen LogP contribution >= 0.6 is 0 Å². The molecule has 4 fully saturated rings. The molecule has 1 heterocycles. The van der Waals surface area contributed by atoms with Crippen molar-refractivity contribution in [2.45, 2.75) is 97.7 Å². The molecule has 6 nitrogen and oxygen atoms in total. The summed E-state index contributed by atoms with van der Waals surface area (Å²) in [7, 11) is 0. The summed E-state index contributed by atoms with van der Waals surface area (Å²) >= 11 is 0. The molecule has 1 aromatic rings. The van der Waals surface area contributed by atoms with Gasteiger partial charge in [0.15, 0.2) is 5.69 Å². The maximum absolute atomic E-state index is 13.9. The lowest BCUT2D eigenvalue weighted by Gasteiger charge is -2.57. The first-order chi connectivity index (χ1) is 14.3. The van der Waals surface area contributed by atoms with Crippen LogP contribution in [-0.4, -0.2) is 33.8 Å². The Morgan fingerprint density at radius 3 is 2.27 bits per heavy atom. The fourth-order valence-electron chi connectivity index (χ4n) is 6.36. The summed E-state index contributed by atoms with van der Waals surface area (Å²) in [6.07, 6.45) is 10.3. The minimum atomic E-state index is -0.221. The second kappa shape index (κ2) is 8.35. The number of carbonyl (C=O) groups excluding carboxylic acids is 2. The molecule has 4 bridgehead atoms. The minimum Gasteiger partial charge on any atom is -0.446 e. The molecule has 0 aliphatic heterocycles. The van der Waals surface area contributed by atoms with E-state index in [-0.39, 0.29) is 29.1 Å². The van der Waals surface area contributed by atoms with E-state index in [1.165, 1.54) is 25.5 Å². The molecule has 4 saturated carbocycles. The van der Waals surface area contributed by atoms with E-state index in [1.54, 1.807) is 0 Å². The van der Waals surface area contributed by atoms with Crippen LogP contribution in [-0.2, 0) is 11.3 Å². The SMILES string of the molecule is CCC(C)NC(=O)c1coc(CN(C(=O)C23CC4CC(CC(C4)C2)C3)C(C)CC)n1. The van der Waals surface area contributed by atoms with E-state index in [1.807, 2.05) is 18.7 Å². The molecule has 2 amide bonds. The highest BCUT2D eigenvalue weighted by Gasteiger charge is 2.56. The van der Waals surface area contributed by atoms with Gasteiger partial charge in [0.05, 0.1) is 12.0 Å². The first-order valence-corrected chi connectivity index (χ1v) is 11.9. The Hall–Kier alpha value is -1.85. The molecule has 0 radical (unpaired) electrons. The molecule has 0 saturated heterocycles. The van der Waals surface area contributed by atoms with Gasteiger partial charge >= 0.3 is 0 Å². The Morgan fingerprint density at radius 1 is 1.13 bits per heavy atom. The average Bonchev–Trinajstić information content (AvgIpc) is 3.18. The molecule has 0 spiro atoms. The standard InChI is InChI=1S/C24H37N3O3/c1-5-15(3)25-22(28)20-14-30-21(26-20)13-27(16(4)6-2)23(29)24-10-17-7-18(11-24)9-19(8-17)12-24/h14-19H,5-13H2,1-4H3,(H,25,28). The van der Waals surface area contributed by atoms with Crippen LogP contribution in [0.1, 0.15) is 95.4 Å². The molecular weight excluding hydrogens is 378 g/mol. The van der Waals surface area contributed by atoms with Gasteiger partial charge < -0.3 is 14.6 Å². The Balaban J connectivity index is 1.50. The van der Waals surface area contributed by atoms with Crippen molar-refractivity contribution in [2.24, 2.45) is 23.2 Å². The van der Waals surface area contributed by atoms with E-state index in [4.69, 9.17) is 4.42 Å². The molecule has 1 N–H and O–H groups in total. The molecule has 2 unspecified atom stereocenters. The molecular formula is C24H37N3O3. The van der Waals surface area contributed by atoms with Gasteiger partial charge in [-0.25, -0.2) is 4.98 Å². The van der Waals surface area contributed by atoms with E-state index in [9.17, 15) is 9.59 Å². The van der Waals surface area contributed by atoms with Crippen molar-refractivity contribution >= 4 is 11.8 Å². The number of nitrogens with zero attached hydrogens (tertiary/aromatic N) is 2. The topological polar surface area (TPSA) is 75.4 Å². The summed E-state index contributed by atoms with van der Waals surface area (Å²) in [5, 5.41) is 2.92. The monoisotopic (exact) mass is 415 g/mol. The largest absolute Gasteiger partial charge is 0.446 e. The summed E-state index contributed by atoms with van der Waals surface area (Å²) in [6, 6.07) is 0.210. The van der Waals surface area contributed by atoms with Gasteiger partial charge in [0.2, 0.25) is 11.8 Å². The van der Waals surface area contributed by atoms with Crippen molar-refractivity contribution in [3.8, 4) is 0 Å². The maximum atomic E-state index is 13.9. The van der Waals surface area contributed by atoms with Gasteiger partial charge in [0, 0.05) is 12.1 Å². The van der Waals surface area contributed by atoms with Gasteiger partial charge in [-0.3, -0.25) is 9.59 Å². The normalized spacial score (nSPS) is 31.4. The minimum absolute atomic E-state index is 0.0897. The van der Waals surface area contributed by atoms with Crippen LogP contribution in [0.15, 0.2) is 10.7 Å². The third-order valence-electron chi connectivity index (χ3n) is 7.96. The molecule has 5 rings (SSSR count). The van der Waals surface area contributed by atoms with E-state index in [0.717, 1.165) is 49.9 Å². The van der Waals surface area contributed by atoms with E-state index in [0.29, 0.717) is 18.3 Å². The third kappa shape index (κ3) is 4.02. The quantitative estimate of drug-likeness (QED) is 0.676. The molecule has 6 heteroatoms. The van der Waals surface area contributed by atoms with E-state index < -0.39 is 0 Å². The number of carbonyl (C=O) groups is 2. The number of rotatable bonds is 8. The summed E-state index contributed by atoms with van der Waals surface area (Å²) in [5.41, 5.74) is 0.110. The number of nitrogens with one attached hydrogen (secondary N) is 1. The van der Waals surface area contributed by atoms with Gasteiger partial charge in [-0.1, -0.05) is 13.8 Å². The van der Waals surface area contributed by atoms with Gasteiger partial charge in [-0.2, -0.15) is 0 Å². The predicted octanol–water partition coefficient (Wildman–Crippen LogP) is 4.55. The Morgan fingerprint density at radius 2 is 1.73 bits per heavy atom. The molecule has 1 aromatic heterocycles. The lowest BCUT2D eigenvalue weighted by Crippen LogP contribution is -2.55. The second-order valence-corrected chi connectivity index (χ2v) is 10.3. The smallest absolute Gasteiger partial charge is 0.273 e. The number of hydrogen-bond acceptors (Lipinski definition) is 4. The molecule has 2 atom stereocenters. The molecule has 4 aliphatic rings. The molecule has 4 aliphatic carbocycles. The highest BCUT2D eigenvalue weighted by molar-refractivity contribution is 5.92. The van der Waals surface area contributed by atoms with Crippen LogP contribution in [0, 0.1) is 23.2 Å². The van der Waals surface area contributed by atoms with Crippen LogP contribution < -0.4 is 5.32 Å². The van der Waals surface area contributed by atoms with Crippen molar-refractivity contribution in [1.29, 1.82) is 0 Å². The van der Waals surface area contributed by atoms with Crippen molar-refractivity contribution in [3.05, 3.63) is 17.8 Å². The highest BCUT2D eigenvalue weighted by Crippen LogP contribution is 2.60. The number of oxazole rings is 1. The van der Waals surface area contributed by atoms with Crippen LogP contribution in [0.5, 0.6) is 0 Å². The van der Waals surface area contributed by atoms with Crippen molar-refractivity contribution in [1.82, 2.24) is 15.2 Å². The van der Waals surface area contributed by atoms with Crippen LogP contribution in [0.25, 0.3) is 0 Å². The van der Waals surface area contributed by atoms with Crippen molar-refractivity contribution < 1.29 is 14.0 Å². The molecule has 166 valence electrons. The van der Waals surface area contributed by atoms with E-state index in [2.05, 4.69) is 24.1 Å². The Kier molecular flexibility index (Phi) is 5.95. The van der Waals surface area contributed by atoms with Crippen molar-refractivity contribution in [3.63, 3.8) is 0 Å². The third-order valence-corrected chi connectivity index (χ3v) is 7.96. The number of amides is 2. The van der Waals surface area contributed by atoms with Gasteiger partial charge in [-0.15, -0.1) is 0 Å². The summed E-state index contributed by atoms with van der Waals surface area (Å²) in [5.74, 6) is 2.72. The first kappa shape index (κ1) is 21.4.